The zero-order chi connectivity index (χ0) is 22.5. The molecule has 1 amide bonds. The molecule has 0 N–H and O–H groups in total. The van der Waals surface area contributed by atoms with E-state index in [9.17, 15) is 9.59 Å². The van der Waals surface area contributed by atoms with Crippen molar-refractivity contribution in [2.75, 3.05) is 13.7 Å². The molecular formula is C26H21ClN2O3. The first-order valence-corrected chi connectivity index (χ1v) is 10.5. The number of benzene rings is 3. The summed E-state index contributed by atoms with van der Waals surface area (Å²) in [6.45, 7) is 0.102. The van der Waals surface area contributed by atoms with Gasteiger partial charge in [0.05, 0.1) is 16.8 Å². The molecule has 0 spiro atoms. The maximum absolute atomic E-state index is 12.9. The van der Waals surface area contributed by atoms with E-state index >= 15 is 0 Å². The van der Waals surface area contributed by atoms with Crippen molar-refractivity contribution in [3.05, 3.63) is 101 Å². The van der Waals surface area contributed by atoms with Gasteiger partial charge in [-0.25, -0.2) is 9.78 Å². The number of esters is 1. The van der Waals surface area contributed by atoms with E-state index in [1.165, 1.54) is 4.90 Å². The van der Waals surface area contributed by atoms with Crippen LogP contribution in [0, 0.1) is 0 Å². The zero-order valence-corrected chi connectivity index (χ0v) is 18.3. The number of fused-ring (bicyclic) bond motifs is 1. The molecule has 0 aliphatic carbocycles. The third-order valence-electron chi connectivity index (χ3n) is 5.09. The lowest BCUT2D eigenvalue weighted by atomic mass is 10.0. The van der Waals surface area contributed by atoms with E-state index < -0.39 is 5.97 Å². The summed E-state index contributed by atoms with van der Waals surface area (Å²) in [4.78, 5) is 31.6. The van der Waals surface area contributed by atoms with Gasteiger partial charge in [-0.15, -0.1) is 0 Å². The number of carbonyl (C=O) groups is 2. The molecule has 0 radical (unpaired) electrons. The molecule has 0 fully saturated rings. The van der Waals surface area contributed by atoms with E-state index in [1.807, 2.05) is 66.7 Å². The lowest BCUT2D eigenvalue weighted by molar-refractivity contribution is -0.133. The Morgan fingerprint density at radius 2 is 1.62 bits per heavy atom. The van der Waals surface area contributed by atoms with Crippen LogP contribution in [0.3, 0.4) is 0 Å². The average Bonchev–Trinajstić information content (AvgIpc) is 2.82. The number of ether oxygens (including phenoxy) is 1. The number of para-hydroxylation sites is 1. The predicted octanol–water partition coefficient (Wildman–Crippen LogP) is 5.37. The fourth-order valence-electron chi connectivity index (χ4n) is 3.37. The van der Waals surface area contributed by atoms with E-state index in [0.717, 1.165) is 11.1 Å². The maximum Gasteiger partial charge on any atom is 0.339 e. The predicted molar refractivity (Wildman–Crippen MR) is 125 cm³/mol. The summed E-state index contributed by atoms with van der Waals surface area (Å²) in [6, 6.07) is 25.9. The third-order valence-corrected chi connectivity index (χ3v) is 5.34. The summed E-state index contributed by atoms with van der Waals surface area (Å²) in [5, 5.41) is 1.28. The van der Waals surface area contributed by atoms with E-state index in [2.05, 4.69) is 4.98 Å². The number of hydrogen-bond donors (Lipinski definition) is 0. The number of likely N-dealkylation sites (N-methyl/N-ethyl adjacent to an activating group) is 1. The lowest BCUT2D eigenvalue weighted by Crippen LogP contribution is -2.30. The van der Waals surface area contributed by atoms with Crippen molar-refractivity contribution in [1.29, 1.82) is 0 Å². The van der Waals surface area contributed by atoms with E-state index in [0.29, 0.717) is 33.7 Å². The van der Waals surface area contributed by atoms with Crippen LogP contribution in [0.15, 0.2) is 84.9 Å². The quantitative estimate of drug-likeness (QED) is 0.375. The number of rotatable bonds is 6. The Labute approximate surface area is 191 Å². The number of hydrogen-bond acceptors (Lipinski definition) is 4. The van der Waals surface area contributed by atoms with Gasteiger partial charge in [-0.05, 0) is 29.8 Å². The van der Waals surface area contributed by atoms with Crippen molar-refractivity contribution in [2.45, 2.75) is 6.54 Å². The van der Waals surface area contributed by atoms with Crippen LogP contribution < -0.4 is 0 Å². The molecule has 0 atom stereocenters. The minimum absolute atomic E-state index is 0.279. The SMILES string of the molecule is CN(Cc1ccccc1)C(=O)COC(=O)c1cc(-c2ccc(Cl)cc2)nc2ccccc12. The number of pyridine rings is 1. The molecule has 4 rings (SSSR count). The second-order valence-electron chi connectivity index (χ2n) is 7.39. The Bertz CT molecular complexity index is 1260. The summed E-state index contributed by atoms with van der Waals surface area (Å²) >= 11 is 5.99. The van der Waals surface area contributed by atoms with Gasteiger partial charge >= 0.3 is 5.97 Å². The largest absolute Gasteiger partial charge is 0.452 e. The highest BCUT2D eigenvalue weighted by molar-refractivity contribution is 6.30. The van der Waals surface area contributed by atoms with Crippen LogP contribution in [-0.2, 0) is 16.1 Å². The van der Waals surface area contributed by atoms with Crippen LogP contribution in [0.4, 0.5) is 0 Å². The van der Waals surface area contributed by atoms with Crippen LogP contribution in [-0.4, -0.2) is 35.4 Å². The summed E-state index contributed by atoms with van der Waals surface area (Å²) in [7, 11) is 1.68. The van der Waals surface area contributed by atoms with Crippen molar-refractivity contribution in [3.63, 3.8) is 0 Å². The highest BCUT2D eigenvalue weighted by Gasteiger charge is 2.18. The molecule has 5 nitrogen and oxygen atoms in total. The third kappa shape index (κ3) is 4.95. The molecule has 4 aromatic rings. The van der Waals surface area contributed by atoms with Gasteiger partial charge in [-0.1, -0.05) is 72.3 Å². The molecule has 160 valence electrons. The van der Waals surface area contributed by atoms with Gasteiger partial charge in [-0.3, -0.25) is 4.79 Å². The lowest BCUT2D eigenvalue weighted by Gasteiger charge is -2.17. The van der Waals surface area contributed by atoms with Crippen molar-refractivity contribution >= 4 is 34.4 Å². The summed E-state index contributed by atoms with van der Waals surface area (Å²) in [5.74, 6) is -0.848. The minimum atomic E-state index is -0.569. The fraction of sp³-hybridized carbons (Fsp3) is 0.115. The van der Waals surface area contributed by atoms with Crippen LogP contribution in [0.1, 0.15) is 15.9 Å². The summed E-state index contributed by atoms with van der Waals surface area (Å²) in [5.41, 5.74) is 3.48. The first kappa shape index (κ1) is 21.5. The highest BCUT2D eigenvalue weighted by atomic mass is 35.5. The van der Waals surface area contributed by atoms with Crippen molar-refractivity contribution < 1.29 is 14.3 Å². The monoisotopic (exact) mass is 444 g/mol. The van der Waals surface area contributed by atoms with Gasteiger partial charge in [0, 0.05) is 29.6 Å². The van der Waals surface area contributed by atoms with Crippen molar-refractivity contribution in [1.82, 2.24) is 9.88 Å². The van der Waals surface area contributed by atoms with Crippen LogP contribution in [0.2, 0.25) is 5.02 Å². The zero-order valence-electron chi connectivity index (χ0n) is 17.5. The van der Waals surface area contributed by atoms with Crippen LogP contribution >= 0.6 is 11.6 Å². The van der Waals surface area contributed by atoms with Crippen LogP contribution in [0.5, 0.6) is 0 Å². The molecule has 32 heavy (non-hydrogen) atoms. The Hall–Kier alpha value is -3.70. The number of amides is 1. The molecule has 1 aromatic heterocycles. The minimum Gasteiger partial charge on any atom is -0.452 e. The Morgan fingerprint density at radius 1 is 0.938 bits per heavy atom. The Kier molecular flexibility index (Phi) is 6.47. The summed E-state index contributed by atoms with van der Waals surface area (Å²) < 4.78 is 5.39. The second-order valence-corrected chi connectivity index (χ2v) is 7.83. The molecule has 0 unspecified atom stereocenters. The van der Waals surface area contributed by atoms with Crippen molar-refractivity contribution in [2.24, 2.45) is 0 Å². The Balaban J connectivity index is 1.53. The molecular weight excluding hydrogens is 424 g/mol. The number of halogens is 1. The van der Waals surface area contributed by atoms with Crippen LogP contribution in [0.25, 0.3) is 22.2 Å². The molecule has 0 saturated carbocycles. The van der Waals surface area contributed by atoms with Gasteiger partial charge in [0.2, 0.25) is 0 Å². The van der Waals surface area contributed by atoms with Gasteiger partial charge in [0.25, 0.3) is 5.91 Å². The van der Waals surface area contributed by atoms with E-state index in [4.69, 9.17) is 16.3 Å². The van der Waals surface area contributed by atoms with Gasteiger partial charge in [-0.2, -0.15) is 0 Å². The average molecular weight is 445 g/mol. The molecule has 0 aliphatic heterocycles. The molecule has 0 bridgehead atoms. The molecule has 0 saturated heterocycles. The topological polar surface area (TPSA) is 59.5 Å². The van der Waals surface area contributed by atoms with Gasteiger partial charge in [0.1, 0.15) is 0 Å². The standard InChI is InChI=1S/C26H21ClN2O3/c1-29(16-18-7-3-2-4-8-18)25(30)17-32-26(31)22-15-24(19-11-13-20(27)14-12-19)28-23-10-6-5-9-21(22)23/h2-15H,16-17H2,1H3. The number of aromatic nitrogens is 1. The second kappa shape index (κ2) is 9.62. The van der Waals surface area contributed by atoms with Gasteiger partial charge in [0.15, 0.2) is 6.61 Å². The van der Waals surface area contributed by atoms with Gasteiger partial charge < -0.3 is 9.64 Å². The highest BCUT2D eigenvalue weighted by Crippen LogP contribution is 2.26. The van der Waals surface area contributed by atoms with E-state index in [1.54, 1.807) is 25.2 Å². The molecule has 1 heterocycles. The first-order valence-electron chi connectivity index (χ1n) is 10.1. The first-order chi connectivity index (χ1) is 15.5. The normalized spacial score (nSPS) is 10.7. The smallest absolute Gasteiger partial charge is 0.339 e. The number of carbonyl (C=O) groups excluding carboxylic acids is 2. The van der Waals surface area contributed by atoms with Crippen molar-refractivity contribution in [3.8, 4) is 11.3 Å². The molecule has 3 aromatic carbocycles. The Morgan fingerprint density at radius 3 is 2.38 bits per heavy atom. The maximum atomic E-state index is 12.9. The van der Waals surface area contributed by atoms with E-state index in [-0.39, 0.29) is 12.5 Å². The fourth-order valence-corrected chi connectivity index (χ4v) is 3.50. The summed E-state index contributed by atoms with van der Waals surface area (Å²) in [6.07, 6.45) is 0. The number of nitrogens with zero attached hydrogens (tertiary/aromatic N) is 2. The molecule has 6 heteroatoms. The molecule has 0 aliphatic rings.